The van der Waals surface area contributed by atoms with Gasteiger partial charge < -0.3 is 20.3 Å². The first-order valence-electron chi connectivity index (χ1n) is 13.2. The summed E-state index contributed by atoms with van der Waals surface area (Å²) < 4.78 is 6.56. The van der Waals surface area contributed by atoms with Gasteiger partial charge in [0.05, 0.1) is 17.4 Å². The van der Waals surface area contributed by atoms with Gasteiger partial charge in [0.1, 0.15) is 11.6 Å². The fourth-order valence-electron chi connectivity index (χ4n) is 7.30. The zero-order valence-electron chi connectivity index (χ0n) is 20.6. The Morgan fingerprint density at radius 3 is 2.50 bits per heavy atom. The topological polar surface area (TPSA) is 87.7 Å². The highest BCUT2D eigenvalue weighted by Gasteiger charge is 2.76. The van der Waals surface area contributed by atoms with Gasteiger partial charge >= 0.3 is 0 Å². The Hall–Kier alpha value is -2.15. The van der Waals surface area contributed by atoms with Crippen molar-refractivity contribution in [3.63, 3.8) is 0 Å². The average Bonchev–Trinajstić information content (AvgIpc) is 3.37. The van der Waals surface area contributed by atoms with Crippen molar-refractivity contribution in [3.8, 4) is 0 Å². The van der Waals surface area contributed by atoms with E-state index in [-0.39, 0.29) is 36.3 Å². The molecule has 1 spiro atoms. The summed E-state index contributed by atoms with van der Waals surface area (Å²) in [5, 5.41) is 6.47. The van der Waals surface area contributed by atoms with E-state index in [9.17, 15) is 14.4 Å². The maximum Gasteiger partial charge on any atom is 0.246 e. The minimum absolute atomic E-state index is 0.120. The summed E-state index contributed by atoms with van der Waals surface area (Å²) in [7, 11) is 0. The van der Waals surface area contributed by atoms with Crippen molar-refractivity contribution in [3.05, 3.63) is 24.8 Å². The highest BCUT2D eigenvalue weighted by molar-refractivity contribution is 6.00. The van der Waals surface area contributed by atoms with Crippen molar-refractivity contribution < 1.29 is 19.1 Å². The molecule has 2 saturated carbocycles. The second-order valence-electron chi connectivity index (χ2n) is 11.3. The van der Waals surface area contributed by atoms with Crippen LogP contribution >= 0.6 is 0 Å². The molecule has 2 saturated heterocycles. The number of carbonyl (C=O) groups is 3. The molecule has 7 nitrogen and oxygen atoms in total. The molecule has 0 aromatic carbocycles. The van der Waals surface area contributed by atoms with Crippen molar-refractivity contribution in [2.24, 2.45) is 17.8 Å². The Morgan fingerprint density at radius 1 is 1.09 bits per heavy atom. The number of nitrogens with one attached hydrogen (secondary N) is 2. The molecule has 2 bridgehead atoms. The fraction of sp³-hybridized carbons (Fsp3) is 0.741. The molecule has 3 amide bonds. The summed E-state index contributed by atoms with van der Waals surface area (Å²) in [6.07, 6.45) is 15.1. The number of carbonyl (C=O) groups excluding carboxylic acids is 3. The zero-order chi connectivity index (χ0) is 24.1. The molecule has 5 aliphatic rings. The van der Waals surface area contributed by atoms with Crippen LogP contribution in [0.25, 0.3) is 0 Å². The summed E-state index contributed by atoms with van der Waals surface area (Å²) in [4.78, 5) is 42.7. The Kier molecular flexibility index (Phi) is 6.11. The van der Waals surface area contributed by atoms with Crippen LogP contribution in [0.2, 0.25) is 0 Å². The smallest absolute Gasteiger partial charge is 0.246 e. The van der Waals surface area contributed by atoms with E-state index in [0.717, 1.165) is 44.9 Å². The minimum Gasteiger partial charge on any atom is -0.356 e. The van der Waals surface area contributed by atoms with E-state index in [0.29, 0.717) is 5.92 Å². The number of rotatable bonds is 6. The minimum atomic E-state index is -1.12. The van der Waals surface area contributed by atoms with Gasteiger partial charge in [-0.25, -0.2) is 0 Å². The summed E-state index contributed by atoms with van der Waals surface area (Å²) in [5.74, 6) is -1.44. The first-order chi connectivity index (χ1) is 16.3. The Balaban J connectivity index is 1.43. The highest BCUT2D eigenvalue weighted by Crippen LogP contribution is 2.59. The predicted octanol–water partition coefficient (Wildman–Crippen LogP) is 2.86. The van der Waals surface area contributed by atoms with Gasteiger partial charge in [-0.05, 0) is 38.5 Å². The summed E-state index contributed by atoms with van der Waals surface area (Å²) >= 11 is 0. The molecule has 3 aliphatic heterocycles. The standard InChI is InChI=1S/C27H39N3O4/c1-4-16-30-22(24(32)28-18-11-6-5-7-12-18)27-15-14-26(3,34-27)20(21(27)25(30)33)23(31)29-19-13-9-8-10-17(19)2/h4,14-15,17-22H,1,5-13,16H2,2-3H3,(H,28,32)(H,29,31). The number of fused-ring (bicyclic) bond motifs is 1. The number of ether oxygens (including phenoxy) is 1. The quantitative estimate of drug-likeness (QED) is 0.586. The monoisotopic (exact) mass is 469 g/mol. The number of nitrogens with zero attached hydrogens (tertiary/aromatic N) is 1. The van der Waals surface area contributed by atoms with Gasteiger partial charge in [-0.3, -0.25) is 14.4 Å². The third-order valence-corrected chi connectivity index (χ3v) is 9.04. The predicted molar refractivity (Wildman–Crippen MR) is 129 cm³/mol. The average molecular weight is 470 g/mol. The Morgan fingerprint density at radius 2 is 1.79 bits per heavy atom. The third kappa shape index (κ3) is 3.62. The molecule has 186 valence electrons. The largest absolute Gasteiger partial charge is 0.356 e. The van der Waals surface area contributed by atoms with Crippen molar-refractivity contribution in [2.75, 3.05) is 6.54 Å². The summed E-state index contributed by atoms with van der Waals surface area (Å²) in [6, 6.07) is -0.549. The van der Waals surface area contributed by atoms with Crippen molar-refractivity contribution in [1.82, 2.24) is 15.5 Å². The molecule has 3 heterocycles. The molecule has 7 atom stereocenters. The van der Waals surface area contributed by atoms with E-state index in [1.165, 1.54) is 12.8 Å². The van der Waals surface area contributed by atoms with Gasteiger partial charge in [0.25, 0.3) is 0 Å². The van der Waals surface area contributed by atoms with Gasteiger partial charge in [0, 0.05) is 18.6 Å². The van der Waals surface area contributed by atoms with E-state index >= 15 is 0 Å². The van der Waals surface area contributed by atoms with E-state index in [1.54, 1.807) is 11.0 Å². The molecule has 0 radical (unpaired) electrons. The maximum atomic E-state index is 13.8. The highest BCUT2D eigenvalue weighted by atomic mass is 16.5. The number of likely N-dealkylation sites (tertiary alicyclic amines) is 1. The molecular weight excluding hydrogens is 430 g/mol. The summed E-state index contributed by atoms with van der Waals surface area (Å²) in [5.41, 5.74) is -2.01. The Bertz CT molecular complexity index is 896. The van der Waals surface area contributed by atoms with Crippen molar-refractivity contribution in [1.29, 1.82) is 0 Å². The van der Waals surface area contributed by atoms with Gasteiger partial charge in [-0.2, -0.15) is 0 Å². The van der Waals surface area contributed by atoms with Crippen LogP contribution in [0.1, 0.15) is 71.6 Å². The lowest BCUT2D eigenvalue weighted by molar-refractivity contribution is -0.145. The van der Waals surface area contributed by atoms with Gasteiger partial charge in [-0.15, -0.1) is 6.58 Å². The van der Waals surface area contributed by atoms with Crippen LogP contribution in [0.5, 0.6) is 0 Å². The van der Waals surface area contributed by atoms with Crippen LogP contribution in [0, 0.1) is 17.8 Å². The molecule has 7 unspecified atom stereocenters. The molecule has 5 rings (SSSR count). The van der Waals surface area contributed by atoms with Crippen LogP contribution in [0.15, 0.2) is 24.8 Å². The molecule has 0 aromatic heterocycles. The molecule has 7 heteroatoms. The van der Waals surface area contributed by atoms with E-state index < -0.39 is 29.1 Å². The number of amides is 3. The zero-order valence-corrected chi connectivity index (χ0v) is 20.6. The second-order valence-corrected chi connectivity index (χ2v) is 11.3. The van der Waals surface area contributed by atoms with Crippen molar-refractivity contribution in [2.45, 2.75) is 101 Å². The van der Waals surface area contributed by atoms with Crippen LogP contribution in [-0.2, 0) is 19.1 Å². The first-order valence-corrected chi connectivity index (χ1v) is 13.2. The number of hydrogen-bond donors (Lipinski definition) is 2. The molecule has 2 N–H and O–H groups in total. The summed E-state index contributed by atoms with van der Waals surface area (Å²) in [6.45, 7) is 8.13. The lowest BCUT2D eigenvalue weighted by Gasteiger charge is -2.34. The molecule has 0 aromatic rings. The first kappa shape index (κ1) is 23.6. The van der Waals surface area contributed by atoms with Crippen LogP contribution in [0.4, 0.5) is 0 Å². The number of hydrogen-bond acceptors (Lipinski definition) is 4. The molecular formula is C27H39N3O4. The fourth-order valence-corrected chi connectivity index (χ4v) is 7.30. The lowest BCUT2D eigenvalue weighted by Crippen LogP contribution is -2.56. The van der Waals surface area contributed by atoms with Crippen LogP contribution in [0.3, 0.4) is 0 Å². The van der Waals surface area contributed by atoms with Gasteiger partial charge in [0.15, 0.2) is 0 Å². The van der Waals surface area contributed by atoms with Gasteiger partial charge in [-0.1, -0.05) is 57.3 Å². The van der Waals surface area contributed by atoms with Crippen LogP contribution in [-0.4, -0.2) is 58.5 Å². The van der Waals surface area contributed by atoms with E-state index in [1.807, 2.05) is 19.1 Å². The third-order valence-electron chi connectivity index (χ3n) is 9.04. The molecule has 4 fully saturated rings. The molecule has 34 heavy (non-hydrogen) atoms. The Labute approximate surface area is 202 Å². The SMILES string of the molecule is C=CCN1C(=O)C2C(C(=O)NC3CCCCC3C)C3(C)C=CC2(O3)C1C(=O)NC1CCCCC1. The maximum absolute atomic E-state index is 13.8. The van der Waals surface area contributed by atoms with E-state index in [2.05, 4.69) is 24.1 Å². The van der Waals surface area contributed by atoms with E-state index in [4.69, 9.17) is 4.74 Å². The second kappa shape index (κ2) is 8.81. The van der Waals surface area contributed by atoms with Crippen LogP contribution < -0.4 is 10.6 Å². The molecule has 2 aliphatic carbocycles. The normalized spacial score (nSPS) is 41.4. The van der Waals surface area contributed by atoms with Gasteiger partial charge in [0.2, 0.25) is 17.7 Å². The van der Waals surface area contributed by atoms with Crippen molar-refractivity contribution >= 4 is 17.7 Å². The lowest BCUT2D eigenvalue weighted by atomic mass is 9.70.